The van der Waals surface area contributed by atoms with Gasteiger partial charge in [-0.3, -0.25) is 9.89 Å². The van der Waals surface area contributed by atoms with E-state index >= 15 is 0 Å². The number of aryl methyl sites for hydroxylation is 1. The van der Waals surface area contributed by atoms with Crippen LogP contribution < -0.4 is 0 Å². The second-order valence-corrected chi connectivity index (χ2v) is 6.23. The molecule has 0 atom stereocenters. The normalized spacial score (nSPS) is 13.8. The van der Waals surface area contributed by atoms with Crippen LogP contribution in [0.15, 0.2) is 30.5 Å². The number of hydrogen-bond donors (Lipinski definition) is 2. The van der Waals surface area contributed by atoms with E-state index in [1.807, 2.05) is 13.0 Å². The number of amides is 1. The Labute approximate surface area is 142 Å². The monoisotopic (exact) mass is 342 g/mol. The molecule has 0 bridgehead atoms. The largest absolute Gasteiger partial charge is 0.357 e. The maximum Gasteiger partial charge on any atom is 0.270 e. The first-order valence-corrected chi connectivity index (χ1v) is 7.99. The molecule has 0 aliphatic carbocycles. The van der Waals surface area contributed by atoms with Crippen LogP contribution in [0.5, 0.6) is 0 Å². The third-order valence-corrected chi connectivity index (χ3v) is 4.47. The lowest BCUT2D eigenvalue weighted by Crippen LogP contribution is -2.36. The molecule has 7 heteroatoms. The van der Waals surface area contributed by atoms with Gasteiger partial charge >= 0.3 is 0 Å². The van der Waals surface area contributed by atoms with Gasteiger partial charge in [0.05, 0.1) is 12.2 Å². The van der Waals surface area contributed by atoms with E-state index in [1.165, 1.54) is 6.07 Å². The summed E-state index contributed by atoms with van der Waals surface area (Å²) < 4.78 is 26.7. The van der Waals surface area contributed by atoms with Crippen molar-refractivity contribution < 1.29 is 13.6 Å². The molecule has 0 radical (unpaired) electrons. The highest BCUT2D eigenvalue weighted by Gasteiger charge is 2.27. The van der Waals surface area contributed by atoms with Crippen molar-refractivity contribution in [1.82, 2.24) is 20.1 Å². The Balaban J connectivity index is 1.65. The minimum Gasteiger partial charge on any atom is -0.357 e. The molecular formula is C18H16F2N4O. The summed E-state index contributed by atoms with van der Waals surface area (Å²) in [5, 5.41) is 7.20. The SMILES string of the molecule is Cc1c[nH]c(C(=O)N2CCc3[nH]nc(-c4ccc(F)c(F)c4)c3C2)c1. The topological polar surface area (TPSA) is 64.8 Å². The number of nitrogens with one attached hydrogen (secondary N) is 2. The molecule has 0 unspecified atom stereocenters. The lowest BCUT2D eigenvalue weighted by Gasteiger charge is -2.26. The van der Waals surface area contributed by atoms with Gasteiger partial charge in [-0.25, -0.2) is 8.78 Å². The molecule has 2 aromatic heterocycles. The molecule has 4 rings (SSSR count). The standard InChI is InChI=1S/C18H16F2N4O/c1-10-6-16(21-8-10)18(25)24-5-4-15-12(9-24)17(23-22-15)11-2-3-13(19)14(20)7-11/h2-3,6-8,21H,4-5,9H2,1H3,(H,22,23). The van der Waals surface area contributed by atoms with Crippen LogP contribution in [0.25, 0.3) is 11.3 Å². The van der Waals surface area contributed by atoms with Crippen LogP contribution in [0, 0.1) is 18.6 Å². The van der Waals surface area contributed by atoms with Crippen molar-refractivity contribution in [3.63, 3.8) is 0 Å². The number of H-pyrrole nitrogens is 2. The van der Waals surface area contributed by atoms with Crippen LogP contribution in [-0.4, -0.2) is 32.5 Å². The van der Waals surface area contributed by atoms with Crippen LogP contribution in [0.2, 0.25) is 0 Å². The molecule has 1 aromatic carbocycles. The molecule has 0 saturated heterocycles. The van der Waals surface area contributed by atoms with E-state index in [-0.39, 0.29) is 5.91 Å². The second kappa shape index (κ2) is 5.84. The van der Waals surface area contributed by atoms with E-state index in [2.05, 4.69) is 15.2 Å². The lowest BCUT2D eigenvalue weighted by molar-refractivity contribution is 0.0729. The zero-order valence-corrected chi connectivity index (χ0v) is 13.6. The smallest absolute Gasteiger partial charge is 0.270 e. The predicted octanol–water partition coefficient (Wildman–Crippen LogP) is 3.19. The summed E-state index contributed by atoms with van der Waals surface area (Å²) in [4.78, 5) is 17.3. The van der Waals surface area contributed by atoms with Gasteiger partial charge in [-0.15, -0.1) is 0 Å². The van der Waals surface area contributed by atoms with Crippen LogP contribution in [0.1, 0.15) is 27.3 Å². The molecule has 0 saturated carbocycles. The Morgan fingerprint density at radius 3 is 2.80 bits per heavy atom. The number of hydrogen-bond acceptors (Lipinski definition) is 2. The summed E-state index contributed by atoms with van der Waals surface area (Å²) >= 11 is 0. The van der Waals surface area contributed by atoms with Gasteiger partial charge in [0.25, 0.3) is 5.91 Å². The predicted molar refractivity (Wildman–Crippen MR) is 87.9 cm³/mol. The van der Waals surface area contributed by atoms with Crippen molar-refractivity contribution in [2.75, 3.05) is 6.54 Å². The van der Waals surface area contributed by atoms with Crippen LogP contribution in [-0.2, 0) is 13.0 Å². The number of halogens is 2. The first-order valence-electron chi connectivity index (χ1n) is 7.99. The molecular weight excluding hydrogens is 326 g/mol. The zero-order chi connectivity index (χ0) is 17.6. The van der Waals surface area contributed by atoms with Crippen molar-refractivity contribution >= 4 is 5.91 Å². The summed E-state index contributed by atoms with van der Waals surface area (Å²) in [7, 11) is 0. The minimum absolute atomic E-state index is 0.0869. The van der Waals surface area contributed by atoms with Gasteiger partial charge in [0.15, 0.2) is 11.6 Å². The highest BCUT2D eigenvalue weighted by molar-refractivity contribution is 5.93. The average molecular weight is 342 g/mol. The maximum absolute atomic E-state index is 13.6. The van der Waals surface area contributed by atoms with E-state index in [4.69, 9.17) is 0 Å². The molecule has 5 nitrogen and oxygen atoms in total. The summed E-state index contributed by atoms with van der Waals surface area (Å²) in [6, 6.07) is 5.51. The fourth-order valence-corrected chi connectivity index (χ4v) is 3.15. The van der Waals surface area contributed by atoms with Crippen molar-refractivity contribution in [2.24, 2.45) is 0 Å². The zero-order valence-electron chi connectivity index (χ0n) is 13.6. The van der Waals surface area contributed by atoms with E-state index in [0.29, 0.717) is 36.5 Å². The molecule has 3 heterocycles. The molecule has 0 fully saturated rings. The average Bonchev–Trinajstić information content (AvgIpc) is 3.22. The number of aromatic nitrogens is 3. The van der Waals surface area contributed by atoms with E-state index in [0.717, 1.165) is 29.0 Å². The van der Waals surface area contributed by atoms with Gasteiger partial charge in [0.1, 0.15) is 5.69 Å². The quantitative estimate of drug-likeness (QED) is 0.751. The fourth-order valence-electron chi connectivity index (χ4n) is 3.15. The second-order valence-electron chi connectivity index (χ2n) is 6.23. The Kier molecular flexibility index (Phi) is 3.63. The molecule has 0 spiro atoms. The number of benzene rings is 1. The number of fused-ring (bicyclic) bond motifs is 1. The molecule has 25 heavy (non-hydrogen) atoms. The van der Waals surface area contributed by atoms with E-state index in [1.54, 1.807) is 11.1 Å². The highest BCUT2D eigenvalue weighted by Crippen LogP contribution is 2.29. The first-order chi connectivity index (χ1) is 12.0. The molecule has 3 aromatic rings. The number of carbonyl (C=O) groups excluding carboxylic acids is 1. The summed E-state index contributed by atoms with van der Waals surface area (Å²) in [6.45, 7) is 2.86. The summed E-state index contributed by atoms with van der Waals surface area (Å²) in [6.07, 6.45) is 2.42. The molecule has 1 aliphatic rings. The van der Waals surface area contributed by atoms with Gasteiger partial charge in [-0.1, -0.05) is 0 Å². The van der Waals surface area contributed by atoms with Gasteiger partial charge in [-0.05, 0) is 36.8 Å². The van der Waals surface area contributed by atoms with Crippen molar-refractivity contribution in [3.05, 3.63) is 64.6 Å². The maximum atomic E-state index is 13.6. The van der Waals surface area contributed by atoms with Crippen molar-refractivity contribution in [3.8, 4) is 11.3 Å². The van der Waals surface area contributed by atoms with Gasteiger partial charge < -0.3 is 9.88 Å². The molecule has 1 aliphatic heterocycles. The number of carbonyl (C=O) groups is 1. The Morgan fingerprint density at radius 1 is 1.24 bits per heavy atom. The van der Waals surface area contributed by atoms with Gasteiger partial charge in [0, 0.05) is 36.0 Å². The van der Waals surface area contributed by atoms with E-state index < -0.39 is 11.6 Å². The summed E-state index contributed by atoms with van der Waals surface area (Å²) in [5.74, 6) is -1.90. The lowest BCUT2D eigenvalue weighted by atomic mass is 10.0. The number of aromatic amines is 2. The van der Waals surface area contributed by atoms with Crippen molar-refractivity contribution in [1.29, 1.82) is 0 Å². The first kappa shape index (κ1) is 15.6. The molecule has 1 amide bonds. The Bertz CT molecular complexity index is 960. The number of rotatable bonds is 2. The van der Waals surface area contributed by atoms with Crippen LogP contribution in [0.4, 0.5) is 8.78 Å². The third kappa shape index (κ3) is 2.71. The fraction of sp³-hybridized carbons (Fsp3) is 0.222. The molecule has 128 valence electrons. The van der Waals surface area contributed by atoms with Crippen LogP contribution >= 0.6 is 0 Å². The highest BCUT2D eigenvalue weighted by atomic mass is 19.2. The Hall–Kier alpha value is -2.96. The van der Waals surface area contributed by atoms with Crippen LogP contribution in [0.3, 0.4) is 0 Å². The van der Waals surface area contributed by atoms with Gasteiger partial charge in [-0.2, -0.15) is 5.10 Å². The summed E-state index contributed by atoms with van der Waals surface area (Å²) in [5.41, 5.74) is 4.33. The Morgan fingerprint density at radius 2 is 2.08 bits per heavy atom. The van der Waals surface area contributed by atoms with E-state index in [9.17, 15) is 13.6 Å². The molecule has 2 N–H and O–H groups in total. The van der Waals surface area contributed by atoms with Crippen molar-refractivity contribution in [2.45, 2.75) is 19.9 Å². The van der Waals surface area contributed by atoms with Gasteiger partial charge in [0.2, 0.25) is 0 Å². The number of nitrogens with zero attached hydrogens (tertiary/aromatic N) is 2. The minimum atomic E-state index is -0.917. The third-order valence-electron chi connectivity index (χ3n) is 4.47.